The smallest absolute Gasteiger partial charge is 0.271 e. The zero-order valence-electron chi connectivity index (χ0n) is 12.1. The number of aryl methyl sites for hydroxylation is 2. The summed E-state index contributed by atoms with van der Waals surface area (Å²) in [7, 11) is 0. The molecular weight excluding hydrogens is 306 g/mol. The van der Waals surface area contributed by atoms with Crippen LogP contribution in [0.2, 0.25) is 5.02 Å². The molecule has 0 unspecified atom stereocenters. The summed E-state index contributed by atoms with van der Waals surface area (Å²) >= 11 is 5.91. The fourth-order valence-electron chi connectivity index (χ4n) is 2.07. The molecule has 0 aliphatic carbocycles. The Kier molecular flexibility index (Phi) is 4.78. The molecule has 0 aliphatic heterocycles. The van der Waals surface area contributed by atoms with Gasteiger partial charge in [0.1, 0.15) is 5.75 Å². The van der Waals surface area contributed by atoms with Gasteiger partial charge in [0.25, 0.3) is 5.69 Å². The molecule has 0 amide bonds. The maximum absolute atomic E-state index is 12.2. The molecule has 0 bridgehead atoms. The first-order valence-electron chi connectivity index (χ1n) is 6.55. The Bertz CT molecular complexity index is 743. The second-order valence-corrected chi connectivity index (χ2v) is 5.31. The Morgan fingerprint density at radius 3 is 2.55 bits per heavy atom. The number of ether oxygens (including phenoxy) is 1. The second-order valence-electron chi connectivity index (χ2n) is 4.90. The van der Waals surface area contributed by atoms with Gasteiger partial charge >= 0.3 is 0 Å². The summed E-state index contributed by atoms with van der Waals surface area (Å²) in [5.74, 6) is 0.0669. The molecule has 0 aromatic heterocycles. The Balaban J connectivity index is 2.09. The first-order valence-corrected chi connectivity index (χ1v) is 6.93. The lowest BCUT2D eigenvalue weighted by Crippen LogP contribution is -2.13. The normalized spacial score (nSPS) is 10.3. The van der Waals surface area contributed by atoms with Crippen LogP contribution in [0.5, 0.6) is 5.75 Å². The van der Waals surface area contributed by atoms with Crippen LogP contribution in [0.1, 0.15) is 21.5 Å². The van der Waals surface area contributed by atoms with Crippen molar-refractivity contribution < 1.29 is 14.5 Å². The lowest BCUT2D eigenvalue weighted by molar-refractivity contribution is -0.384. The topological polar surface area (TPSA) is 69.4 Å². The van der Waals surface area contributed by atoms with Gasteiger partial charge in [0.05, 0.1) is 9.95 Å². The third-order valence-electron chi connectivity index (χ3n) is 3.17. The van der Waals surface area contributed by atoms with Crippen LogP contribution in [0, 0.1) is 24.0 Å². The number of nitro benzene ring substituents is 1. The van der Waals surface area contributed by atoms with Crippen LogP contribution >= 0.6 is 11.6 Å². The molecular formula is C16H14ClNO4. The SMILES string of the molecule is Cc1ccc(C(=O)COc2ccc([N+](=O)[O-])cc2Cl)c(C)c1. The first-order chi connectivity index (χ1) is 10.4. The second kappa shape index (κ2) is 6.58. The zero-order valence-corrected chi connectivity index (χ0v) is 12.9. The number of hydrogen-bond acceptors (Lipinski definition) is 4. The van der Waals surface area contributed by atoms with Crippen molar-refractivity contribution in [2.75, 3.05) is 6.61 Å². The molecule has 0 heterocycles. The summed E-state index contributed by atoms with van der Waals surface area (Å²) in [5, 5.41) is 10.7. The molecule has 2 aromatic rings. The third kappa shape index (κ3) is 3.62. The van der Waals surface area contributed by atoms with E-state index in [9.17, 15) is 14.9 Å². The van der Waals surface area contributed by atoms with E-state index in [1.165, 1.54) is 18.2 Å². The number of nitrogens with zero attached hydrogens (tertiary/aromatic N) is 1. The van der Waals surface area contributed by atoms with Crippen molar-refractivity contribution in [3.8, 4) is 5.75 Å². The molecule has 2 rings (SSSR count). The quantitative estimate of drug-likeness (QED) is 0.472. The molecule has 0 spiro atoms. The average Bonchev–Trinajstić information content (AvgIpc) is 2.45. The molecule has 0 atom stereocenters. The number of nitro groups is 1. The maximum atomic E-state index is 12.2. The lowest BCUT2D eigenvalue weighted by atomic mass is 10.0. The van der Waals surface area contributed by atoms with Crippen LogP contribution in [-0.4, -0.2) is 17.3 Å². The summed E-state index contributed by atoms with van der Waals surface area (Å²) in [6, 6.07) is 9.40. The number of Topliss-reactive ketones (excluding diaryl/α,β-unsaturated/α-hetero) is 1. The van der Waals surface area contributed by atoms with Crippen LogP contribution in [0.25, 0.3) is 0 Å². The number of benzene rings is 2. The van der Waals surface area contributed by atoms with Crippen molar-refractivity contribution in [2.45, 2.75) is 13.8 Å². The highest BCUT2D eigenvalue weighted by Gasteiger charge is 2.13. The zero-order chi connectivity index (χ0) is 16.3. The number of carbonyl (C=O) groups is 1. The van der Waals surface area contributed by atoms with Gasteiger partial charge in [0, 0.05) is 17.7 Å². The summed E-state index contributed by atoms with van der Waals surface area (Å²) in [4.78, 5) is 22.2. The number of halogens is 1. The third-order valence-corrected chi connectivity index (χ3v) is 3.46. The van der Waals surface area contributed by atoms with Gasteiger partial charge in [0.2, 0.25) is 0 Å². The van der Waals surface area contributed by atoms with Gasteiger partial charge in [-0.3, -0.25) is 14.9 Å². The summed E-state index contributed by atoms with van der Waals surface area (Å²) in [6.45, 7) is 3.63. The minimum atomic E-state index is -0.545. The molecule has 0 N–H and O–H groups in total. The predicted molar refractivity (Wildman–Crippen MR) is 83.8 cm³/mol. The minimum absolute atomic E-state index is 0.0997. The van der Waals surface area contributed by atoms with E-state index in [4.69, 9.17) is 16.3 Å². The Morgan fingerprint density at radius 2 is 1.95 bits per heavy atom. The van der Waals surface area contributed by atoms with Crippen LogP contribution in [0.4, 0.5) is 5.69 Å². The van der Waals surface area contributed by atoms with E-state index in [0.29, 0.717) is 5.56 Å². The van der Waals surface area contributed by atoms with Gasteiger partial charge in [-0.2, -0.15) is 0 Å². The number of non-ortho nitro benzene ring substituents is 1. The van der Waals surface area contributed by atoms with Crippen LogP contribution in [0.15, 0.2) is 36.4 Å². The largest absolute Gasteiger partial charge is 0.484 e. The summed E-state index contributed by atoms with van der Waals surface area (Å²) in [6.07, 6.45) is 0. The molecule has 0 aliphatic rings. The highest BCUT2D eigenvalue weighted by molar-refractivity contribution is 6.32. The van der Waals surface area contributed by atoms with Gasteiger partial charge in [-0.1, -0.05) is 35.4 Å². The molecule has 2 aromatic carbocycles. The molecule has 5 nitrogen and oxygen atoms in total. The fraction of sp³-hybridized carbons (Fsp3) is 0.188. The lowest BCUT2D eigenvalue weighted by Gasteiger charge is -2.09. The Hall–Kier alpha value is -2.40. The van der Waals surface area contributed by atoms with Crippen LogP contribution in [-0.2, 0) is 0 Å². The fourth-order valence-corrected chi connectivity index (χ4v) is 2.30. The minimum Gasteiger partial charge on any atom is -0.484 e. The highest BCUT2D eigenvalue weighted by Crippen LogP contribution is 2.28. The van der Waals surface area contributed by atoms with Crippen molar-refractivity contribution in [2.24, 2.45) is 0 Å². The van der Waals surface area contributed by atoms with E-state index in [1.54, 1.807) is 6.07 Å². The number of carbonyl (C=O) groups excluding carboxylic acids is 1. The van der Waals surface area contributed by atoms with Crippen molar-refractivity contribution in [3.05, 3.63) is 68.2 Å². The predicted octanol–water partition coefficient (Wildman–Crippen LogP) is 4.13. The first kappa shape index (κ1) is 16.0. The summed E-state index contributed by atoms with van der Waals surface area (Å²) in [5.41, 5.74) is 2.42. The Morgan fingerprint density at radius 1 is 1.23 bits per heavy atom. The van der Waals surface area contributed by atoms with E-state index in [0.717, 1.165) is 11.1 Å². The molecule has 0 saturated heterocycles. The van der Waals surface area contributed by atoms with E-state index in [-0.39, 0.29) is 28.8 Å². The van der Waals surface area contributed by atoms with Crippen molar-refractivity contribution in [3.63, 3.8) is 0 Å². The van der Waals surface area contributed by atoms with E-state index >= 15 is 0 Å². The van der Waals surface area contributed by atoms with Crippen LogP contribution in [0.3, 0.4) is 0 Å². The average molecular weight is 320 g/mol. The molecule has 0 radical (unpaired) electrons. The van der Waals surface area contributed by atoms with Gasteiger partial charge in [-0.15, -0.1) is 0 Å². The van der Waals surface area contributed by atoms with E-state index in [1.807, 2.05) is 26.0 Å². The molecule has 6 heteroatoms. The Labute approximate surface area is 132 Å². The summed E-state index contributed by atoms with van der Waals surface area (Å²) < 4.78 is 5.37. The highest BCUT2D eigenvalue weighted by atomic mass is 35.5. The van der Waals surface area contributed by atoms with E-state index in [2.05, 4.69) is 0 Å². The molecule has 0 saturated carbocycles. The van der Waals surface area contributed by atoms with Gasteiger partial charge in [-0.05, 0) is 25.5 Å². The van der Waals surface area contributed by atoms with Gasteiger partial charge < -0.3 is 4.74 Å². The van der Waals surface area contributed by atoms with Gasteiger partial charge in [-0.25, -0.2) is 0 Å². The van der Waals surface area contributed by atoms with Crippen molar-refractivity contribution >= 4 is 23.1 Å². The number of hydrogen-bond donors (Lipinski definition) is 0. The molecule has 22 heavy (non-hydrogen) atoms. The number of rotatable bonds is 5. The van der Waals surface area contributed by atoms with Crippen LogP contribution < -0.4 is 4.74 Å². The number of ketones is 1. The van der Waals surface area contributed by atoms with Crippen molar-refractivity contribution in [1.82, 2.24) is 0 Å². The monoisotopic (exact) mass is 319 g/mol. The molecule has 114 valence electrons. The van der Waals surface area contributed by atoms with Crippen molar-refractivity contribution in [1.29, 1.82) is 0 Å². The molecule has 0 fully saturated rings. The maximum Gasteiger partial charge on any atom is 0.271 e. The van der Waals surface area contributed by atoms with E-state index < -0.39 is 4.92 Å². The van der Waals surface area contributed by atoms with Gasteiger partial charge in [0.15, 0.2) is 12.4 Å². The standard InChI is InChI=1S/C16H14ClNO4/c1-10-3-5-13(11(2)7-10)15(19)9-22-16-6-4-12(18(20)21)8-14(16)17/h3-8H,9H2,1-2H3.